The van der Waals surface area contributed by atoms with Crippen LogP contribution in [-0.2, 0) is 24.1 Å². The van der Waals surface area contributed by atoms with Gasteiger partial charge >= 0.3 is 0 Å². The Bertz CT molecular complexity index is 896. The monoisotopic (exact) mass is 387 g/mol. The van der Waals surface area contributed by atoms with Gasteiger partial charge in [-0.15, -0.1) is 0 Å². The Morgan fingerprint density at radius 2 is 1.90 bits per heavy atom. The van der Waals surface area contributed by atoms with Gasteiger partial charge in [0.05, 0.1) is 6.04 Å². The lowest BCUT2D eigenvalue weighted by Gasteiger charge is -2.21. The molecule has 1 aliphatic rings. The molecular weight excluding hydrogens is 358 g/mol. The fraction of sp³-hybridized carbons (Fsp3) is 0.360. The van der Waals surface area contributed by atoms with E-state index in [2.05, 4.69) is 47.9 Å². The molecule has 0 bridgehead atoms. The summed E-state index contributed by atoms with van der Waals surface area (Å²) in [7, 11) is 0. The van der Waals surface area contributed by atoms with Gasteiger partial charge in [-0.05, 0) is 60.8 Å². The van der Waals surface area contributed by atoms with Crippen LogP contribution in [0.5, 0.6) is 0 Å². The molecule has 0 fully saturated rings. The van der Waals surface area contributed by atoms with E-state index in [1.54, 1.807) is 0 Å². The van der Waals surface area contributed by atoms with Gasteiger partial charge in [-0.25, -0.2) is 0 Å². The van der Waals surface area contributed by atoms with Crippen molar-refractivity contribution in [3.8, 4) is 6.07 Å². The van der Waals surface area contributed by atoms with Crippen LogP contribution in [-0.4, -0.2) is 12.5 Å². The molecule has 1 unspecified atom stereocenters. The second-order valence-corrected chi connectivity index (χ2v) is 7.53. The van der Waals surface area contributed by atoms with Crippen LogP contribution in [0.4, 0.5) is 0 Å². The van der Waals surface area contributed by atoms with Crippen molar-refractivity contribution in [2.75, 3.05) is 6.54 Å². The van der Waals surface area contributed by atoms with Gasteiger partial charge in [0.2, 0.25) is 0 Å². The van der Waals surface area contributed by atoms with Crippen LogP contribution in [0.15, 0.2) is 60.3 Å². The number of hydrogen-bond donors (Lipinski definition) is 2. The van der Waals surface area contributed by atoms with Crippen molar-refractivity contribution < 1.29 is 4.79 Å². The van der Waals surface area contributed by atoms with Crippen LogP contribution in [0, 0.1) is 11.3 Å². The topological polar surface area (TPSA) is 64.9 Å². The van der Waals surface area contributed by atoms with Crippen molar-refractivity contribution in [3.63, 3.8) is 0 Å². The van der Waals surface area contributed by atoms with Crippen molar-refractivity contribution >= 4 is 5.91 Å². The molecule has 1 atom stereocenters. The molecule has 2 aromatic rings. The van der Waals surface area contributed by atoms with Gasteiger partial charge in [0, 0.05) is 12.7 Å². The number of nitriles is 1. The van der Waals surface area contributed by atoms with Crippen molar-refractivity contribution in [1.29, 1.82) is 5.26 Å². The highest BCUT2D eigenvalue weighted by molar-refractivity contribution is 5.97. The van der Waals surface area contributed by atoms with Gasteiger partial charge in [0.25, 0.3) is 5.91 Å². The van der Waals surface area contributed by atoms with E-state index in [4.69, 9.17) is 0 Å². The molecule has 4 nitrogen and oxygen atoms in total. The summed E-state index contributed by atoms with van der Waals surface area (Å²) in [5, 5.41) is 15.5. The number of amides is 1. The van der Waals surface area contributed by atoms with Gasteiger partial charge in [-0.1, -0.05) is 55.5 Å². The van der Waals surface area contributed by atoms with Crippen LogP contribution in [0.25, 0.3) is 0 Å². The number of nitrogens with zero attached hydrogens (tertiary/aromatic N) is 1. The van der Waals surface area contributed by atoms with E-state index >= 15 is 0 Å². The zero-order chi connectivity index (χ0) is 20.5. The van der Waals surface area contributed by atoms with Crippen molar-refractivity contribution in [1.82, 2.24) is 10.6 Å². The Kier molecular flexibility index (Phi) is 7.47. The number of nitrogens with one attached hydrogen (secondary N) is 2. The Morgan fingerprint density at radius 1 is 1.14 bits per heavy atom. The van der Waals surface area contributed by atoms with E-state index in [1.165, 1.54) is 35.7 Å². The smallest absolute Gasteiger partial charge is 0.263 e. The SMILES string of the molecule is CCC(NC(=O)/C(C#N)=C\NCCc1ccccc1)c1ccc2c(c1)CCCC2. The first-order chi connectivity index (χ1) is 14.2. The van der Waals surface area contributed by atoms with Crippen LogP contribution in [0.1, 0.15) is 54.5 Å². The van der Waals surface area contributed by atoms with Crippen molar-refractivity contribution in [2.45, 2.75) is 51.5 Å². The largest absolute Gasteiger partial charge is 0.389 e. The summed E-state index contributed by atoms with van der Waals surface area (Å²) in [6.45, 7) is 2.72. The minimum Gasteiger partial charge on any atom is -0.389 e. The Hall–Kier alpha value is -3.06. The third-order valence-electron chi connectivity index (χ3n) is 5.50. The van der Waals surface area contributed by atoms with Crippen LogP contribution in [0.2, 0.25) is 0 Å². The average molecular weight is 388 g/mol. The summed E-state index contributed by atoms with van der Waals surface area (Å²) in [6, 6.07) is 18.6. The van der Waals surface area contributed by atoms with Gasteiger partial charge in [-0.2, -0.15) is 5.26 Å². The second kappa shape index (κ2) is 10.5. The highest BCUT2D eigenvalue weighted by Gasteiger charge is 2.18. The zero-order valence-electron chi connectivity index (χ0n) is 17.1. The highest BCUT2D eigenvalue weighted by atomic mass is 16.1. The normalized spacial score (nSPS) is 14.4. The van der Waals surface area contributed by atoms with E-state index in [9.17, 15) is 10.1 Å². The molecule has 2 N–H and O–H groups in total. The quantitative estimate of drug-likeness (QED) is 0.401. The number of hydrogen-bond acceptors (Lipinski definition) is 3. The molecule has 0 aromatic heterocycles. The Morgan fingerprint density at radius 3 is 2.62 bits per heavy atom. The van der Waals surface area contributed by atoms with E-state index in [0.29, 0.717) is 6.54 Å². The van der Waals surface area contributed by atoms with E-state index in [0.717, 1.165) is 31.2 Å². The maximum absolute atomic E-state index is 12.6. The van der Waals surface area contributed by atoms with E-state index < -0.39 is 0 Å². The first-order valence-electron chi connectivity index (χ1n) is 10.5. The minimum absolute atomic E-state index is 0.0872. The summed E-state index contributed by atoms with van der Waals surface area (Å²) >= 11 is 0. The number of carbonyl (C=O) groups is 1. The minimum atomic E-state index is -0.329. The molecule has 0 radical (unpaired) electrons. The summed E-state index contributed by atoms with van der Waals surface area (Å²) in [5.41, 5.74) is 5.28. The molecule has 1 amide bonds. The van der Waals surface area contributed by atoms with Crippen LogP contribution < -0.4 is 10.6 Å². The molecular formula is C25H29N3O. The lowest BCUT2D eigenvalue weighted by molar-refractivity contribution is -0.117. The van der Waals surface area contributed by atoms with Gasteiger partial charge in [0.1, 0.15) is 11.6 Å². The molecule has 3 rings (SSSR count). The fourth-order valence-electron chi connectivity index (χ4n) is 3.81. The number of rotatable bonds is 8. The lowest BCUT2D eigenvalue weighted by atomic mass is 9.88. The predicted octanol–water partition coefficient (Wildman–Crippen LogP) is 4.37. The third kappa shape index (κ3) is 5.71. The maximum Gasteiger partial charge on any atom is 0.263 e. The van der Waals surface area contributed by atoms with Gasteiger partial charge in [-0.3, -0.25) is 4.79 Å². The molecule has 0 heterocycles. The molecule has 0 saturated heterocycles. The lowest BCUT2D eigenvalue weighted by Crippen LogP contribution is -2.30. The average Bonchev–Trinajstić information content (AvgIpc) is 2.77. The predicted molar refractivity (Wildman–Crippen MR) is 116 cm³/mol. The molecule has 4 heteroatoms. The van der Waals surface area contributed by atoms with E-state index in [1.807, 2.05) is 24.3 Å². The summed E-state index contributed by atoms with van der Waals surface area (Å²) in [6.07, 6.45) is 7.90. The summed E-state index contributed by atoms with van der Waals surface area (Å²) < 4.78 is 0. The van der Waals surface area contributed by atoms with Crippen molar-refractivity contribution in [2.24, 2.45) is 0 Å². The summed E-state index contributed by atoms with van der Waals surface area (Å²) in [4.78, 5) is 12.6. The molecule has 1 aliphatic carbocycles. The standard InChI is InChI=1S/C25H29N3O/c1-2-24(22-13-12-20-10-6-7-11-21(20)16-22)28-25(29)23(17-26)18-27-15-14-19-8-4-3-5-9-19/h3-5,8-9,12-13,16,18,24,27H,2,6-7,10-11,14-15H2,1H3,(H,28,29)/b23-18-. The van der Waals surface area contributed by atoms with Crippen LogP contribution in [0.3, 0.4) is 0 Å². The molecule has 0 saturated carbocycles. The molecule has 0 spiro atoms. The molecule has 0 aliphatic heterocycles. The Labute approximate surface area is 173 Å². The third-order valence-corrected chi connectivity index (χ3v) is 5.50. The first kappa shape index (κ1) is 20.7. The molecule has 29 heavy (non-hydrogen) atoms. The number of benzene rings is 2. The summed E-state index contributed by atoms with van der Waals surface area (Å²) in [5.74, 6) is -0.329. The number of aryl methyl sites for hydroxylation is 2. The Balaban J connectivity index is 1.59. The molecule has 2 aromatic carbocycles. The van der Waals surface area contributed by atoms with Crippen LogP contribution >= 0.6 is 0 Å². The fourth-order valence-corrected chi connectivity index (χ4v) is 3.81. The van der Waals surface area contributed by atoms with Gasteiger partial charge in [0.15, 0.2) is 0 Å². The highest BCUT2D eigenvalue weighted by Crippen LogP contribution is 2.26. The maximum atomic E-state index is 12.6. The number of carbonyl (C=O) groups excluding carboxylic acids is 1. The molecule has 150 valence electrons. The van der Waals surface area contributed by atoms with Gasteiger partial charge < -0.3 is 10.6 Å². The number of fused-ring (bicyclic) bond motifs is 1. The second-order valence-electron chi connectivity index (χ2n) is 7.53. The first-order valence-corrected chi connectivity index (χ1v) is 10.5. The van der Waals surface area contributed by atoms with Crippen molar-refractivity contribution in [3.05, 3.63) is 82.6 Å². The van der Waals surface area contributed by atoms with E-state index in [-0.39, 0.29) is 17.5 Å². The zero-order valence-corrected chi connectivity index (χ0v) is 17.1.